The Hall–Kier alpha value is -0.320. The Morgan fingerprint density at radius 3 is 1.39 bits per heavy atom. The Morgan fingerprint density at radius 1 is 0.548 bits per heavy atom. The standard InChI is InChI=1S/C23H44N6O2/c1-3-7-19(8-4-1)29(20-9-5-2-6-10-20)23-25-21(27-11-15-30-16-12-27)24-22(26-23)28-13-17-31-18-14-28/h19-26H,1-18H2. The van der Waals surface area contributed by atoms with E-state index in [0.29, 0.717) is 12.1 Å². The normalized spacial score (nSPS) is 36.1. The molecule has 3 N–H and O–H groups in total. The van der Waals surface area contributed by atoms with E-state index in [9.17, 15) is 0 Å². The molecule has 178 valence electrons. The minimum absolute atomic E-state index is 0.178. The van der Waals surface area contributed by atoms with E-state index in [0.717, 1.165) is 52.6 Å². The maximum atomic E-state index is 5.65. The second-order valence-electron chi connectivity index (χ2n) is 10.0. The Kier molecular flexibility index (Phi) is 8.12. The van der Waals surface area contributed by atoms with Crippen LogP contribution in [0.2, 0.25) is 0 Å². The van der Waals surface area contributed by atoms with E-state index in [2.05, 4.69) is 30.7 Å². The molecule has 31 heavy (non-hydrogen) atoms. The molecule has 2 aliphatic carbocycles. The van der Waals surface area contributed by atoms with Crippen LogP contribution in [0.15, 0.2) is 0 Å². The van der Waals surface area contributed by atoms with Gasteiger partial charge in [-0.3, -0.25) is 30.7 Å². The summed E-state index contributed by atoms with van der Waals surface area (Å²) < 4.78 is 11.3. The van der Waals surface area contributed by atoms with Gasteiger partial charge in [-0.2, -0.15) is 0 Å². The van der Waals surface area contributed by atoms with Crippen LogP contribution in [-0.2, 0) is 9.47 Å². The van der Waals surface area contributed by atoms with Crippen LogP contribution in [0.1, 0.15) is 64.2 Å². The highest BCUT2D eigenvalue weighted by Crippen LogP contribution is 2.31. The minimum Gasteiger partial charge on any atom is -0.379 e. The molecule has 8 nitrogen and oxygen atoms in total. The molecule has 5 aliphatic rings. The van der Waals surface area contributed by atoms with Crippen molar-refractivity contribution in [3.8, 4) is 0 Å². The third kappa shape index (κ3) is 5.61. The molecule has 3 saturated heterocycles. The van der Waals surface area contributed by atoms with Gasteiger partial charge in [0.15, 0.2) is 0 Å². The van der Waals surface area contributed by atoms with E-state index in [1.807, 2.05) is 0 Å². The van der Waals surface area contributed by atoms with Gasteiger partial charge >= 0.3 is 0 Å². The first kappa shape index (κ1) is 22.5. The molecule has 5 rings (SSSR count). The van der Waals surface area contributed by atoms with Gasteiger partial charge in [0.2, 0.25) is 0 Å². The Bertz CT molecular complexity index is 486. The molecule has 3 heterocycles. The first-order valence-electron chi connectivity index (χ1n) is 13.1. The van der Waals surface area contributed by atoms with Crippen molar-refractivity contribution in [2.75, 3.05) is 52.6 Å². The van der Waals surface area contributed by atoms with Crippen molar-refractivity contribution in [3.05, 3.63) is 0 Å². The van der Waals surface area contributed by atoms with Crippen LogP contribution in [0.4, 0.5) is 0 Å². The molecule has 0 bridgehead atoms. The maximum absolute atomic E-state index is 5.65. The molecule has 0 aromatic heterocycles. The van der Waals surface area contributed by atoms with E-state index in [-0.39, 0.29) is 18.9 Å². The number of ether oxygens (including phenoxy) is 2. The fraction of sp³-hybridized carbons (Fsp3) is 1.00. The quantitative estimate of drug-likeness (QED) is 0.595. The summed E-state index contributed by atoms with van der Waals surface area (Å²) in [7, 11) is 0. The molecule has 2 saturated carbocycles. The Balaban J connectivity index is 1.36. The first-order chi connectivity index (χ1) is 15.4. The SMILES string of the molecule is C1CCC(N(C2CCCCC2)C2NC(N3CCOCC3)NC(N3CCOCC3)N2)CC1. The van der Waals surface area contributed by atoms with E-state index in [4.69, 9.17) is 9.47 Å². The highest BCUT2D eigenvalue weighted by molar-refractivity contribution is 4.92. The summed E-state index contributed by atoms with van der Waals surface area (Å²) in [4.78, 5) is 7.95. The molecule has 0 aromatic carbocycles. The molecular formula is C23H44N6O2. The third-order valence-corrected chi connectivity index (χ3v) is 8.06. The van der Waals surface area contributed by atoms with Crippen LogP contribution in [0.3, 0.4) is 0 Å². The zero-order valence-corrected chi connectivity index (χ0v) is 19.3. The summed E-state index contributed by atoms with van der Waals surface area (Å²) in [5.74, 6) is 0. The van der Waals surface area contributed by atoms with Gasteiger partial charge in [-0.1, -0.05) is 38.5 Å². The van der Waals surface area contributed by atoms with Crippen molar-refractivity contribution in [1.82, 2.24) is 30.7 Å². The topological polar surface area (TPSA) is 64.3 Å². The molecule has 0 amide bonds. The maximum Gasteiger partial charge on any atom is 0.119 e. The Labute approximate surface area is 188 Å². The minimum atomic E-state index is 0.178. The van der Waals surface area contributed by atoms with Gasteiger partial charge in [0, 0.05) is 38.3 Å². The second-order valence-corrected chi connectivity index (χ2v) is 10.0. The highest BCUT2D eigenvalue weighted by atomic mass is 16.5. The largest absolute Gasteiger partial charge is 0.379 e. The summed E-state index contributed by atoms with van der Waals surface area (Å²) in [5.41, 5.74) is 0. The first-order valence-corrected chi connectivity index (χ1v) is 13.1. The molecule has 0 radical (unpaired) electrons. The van der Waals surface area contributed by atoms with Gasteiger partial charge in [-0.25, -0.2) is 0 Å². The smallest absolute Gasteiger partial charge is 0.119 e. The zero-order chi connectivity index (χ0) is 20.9. The summed E-state index contributed by atoms with van der Waals surface area (Å²) in [6.45, 7) is 7.26. The van der Waals surface area contributed by atoms with Gasteiger partial charge in [0.25, 0.3) is 0 Å². The van der Waals surface area contributed by atoms with Crippen LogP contribution in [0.5, 0.6) is 0 Å². The zero-order valence-electron chi connectivity index (χ0n) is 19.3. The molecule has 3 aliphatic heterocycles. The van der Waals surface area contributed by atoms with Gasteiger partial charge in [-0.15, -0.1) is 0 Å². The lowest BCUT2D eigenvalue weighted by atomic mass is 9.88. The third-order valence-electron chi connectivity index (χ3n) is 8.06. The molecule has 0 aromatic rings. The predicted molar refractivity (Wildman–Crippen MR) is 121 cm³/mol. The van der Waals surface area contributed by atoms with Crippen LogP contribution in [0, 0.1) is 0 Å². The van der Waals surface area contributed by atoms with E-state index < -0.39 is 0 Å². The van der Waals surface area contributed by atoms with Crippen LogP contribution >= 0.6 is 0 Å². The lowest BCUT2D eigenvalue weighted by molar-refractivity contribution is -0.105. The van der Waals surface area contributed by atoms with Crippen LogP contribution in [0.25, 0.3) is 0 Å². The number of rotatable bonds is 5. The summed E-state index contributed by atoms with van der Waals surface area (Å²) in [5, 5.41) is 11.9. The number of hydrogen-bond acceptors (Lipinski definition) is 8. The molecule has 5 fully saturated rings. The van der Waals surface area contributed by atoms with Crippen LogP contribution in [-0.4, -0.2) is 98.3 Å². The summed E-state index contributed by atoms with van der Waals surface area (Å²) in [6.07, 6.45) is 14.4. The van der Waals surface area contributed by atoms with Crippen LogP contribution < -0.4 is 16.0 Å². The van der Waals surface area contributed by atoms with Gasteiger partial charge in [0.1, 0.15) is 18.9 Å². The van der Waals surface area contributed by atoms with Gasteiger partial charge in [0.05, 0.1) is 26.4 Å². The van der Waals surface area contributed by atoms with Gasteiger partial charge < -0.3 is 9.47 Å². The Morgan fingerprint density at radius 2 is 0.968 bits per heavy atom. The summed E-state index contributed by atoms with van der Waals surface area (Å²) in [6, 6.07) is 1.41. The van der Waals surface area contributed by atoms with Crippen molar-refractivity contribution in [2.45, 2.75) is 95.2 Å². The lowest BCUT2D eigenvalue weighted by Gasteiger charge is -2.54. The van der Waals surface area contributed by atoms with Crippen molar-refractivity contribution in [2.24, 2.45) is 0 Å². The number of nitrogens with zero attached hydrogens (tertiary/aromatic N) is 3. The molecule has 8 heteroatoms. The van der Waals surface area contributed by atoms with Crippen molar-refractivity contribution in [3.63, 3.8) is 0 Å². The molecule has 0 spiro atoms. The predicted octanol–water partition coefficient (Wildman–Crippen LogP) is 1.25. The average Bonchev–Trinajstić information content (AvgIpc) is 2.86. The number of nitrogens with one attached hydrogen (secondary N) is 3. The molecule has 2 unspecified atom stereocenters. The van der Waals surface area contributed by atoms with E-state index >= 15 is 0 Å². The molecule has 2 atom stereocenters. The molecular weight excluding hydrogens is 392 g/mol. The summed E-state index contributed by atoms with van der Waals surface area (Å²) >= 11 is 0. The fourth-order valence-electron chi connectivity index (χ4n) is 6.34. The number of morpholine rings is 2. The van der Waals surface area contributed by atoms with Gasteiger partial charge in [-0.05, 0) is 25.7 Å². The van der Waals surface area contributed by atoms with E-state index in [1.165, 1.54) is 64.2 Å². The number of hydrogen-bond donors (Lipinski definition) is 3. The highest BCUT2D eigenvalue weighted by Gasteiger charge is 2.41. The average molecular weight is 437 g/mol. The monoisotopic (exact) mass is 436 g/mol. The lowest BCUT2D eigenvalue weighted by Crippen LogP contribution is -2.80. The fourth-order valence-corrected chi connectivity index (χ4v) is 6.34. The van der Waals surface area contributed by atoms with Crippen molar-refractivity contribution >= 4 is 0 Å². The second kappa shape index (κ2) is 11.2. The van der Waals surface area contributed by atoms with Crippen molar-refractivity contribution in [1.29, 1.82) is 0 Å². The van der Waals surface area contributed by atoms with Crippen molar-refractivity contribution < 1.29 is 9.47 Å². The van der Waals surface area contributed by atoms with E-state index in [1.54, 1.807) is 0 Å².